The number of nitrogens with one attached hydrogen (secondary N) is 1. The minimum atomic E-state index is -0.406. The van der Waals surface area contributed by atoms with Crippen molar-refractivity contribution in [3.05, 3.63) is 59.1 Å². The molecule has 0 spiro atoms. The van der Waals surface area contributed by atoms with E-state index < -0.39 is 5.41 Å². The zero-order valence-corrected chi connectivity index (χ0v) is 14.0. The van der Waals surface area contributed by atoms with Crippen LogP contribution in [-0.2, 0) is 10.2 Å². The predicted molar refractivity (Wildman–Crippen MR) is 95.2 cm³/mol. The van der Waals surface area contributed by atoms with Crippen molar-refractivity contribution in [2.24, 2.45) is 0 Å². The molecule has 1 aliphatic carbocycles. The highest BCUT2D eigenvalue weighted by molar-refractivity contribution is 7.22. The van der Waals surface area contributed by atoms with Gasteiger partial charge in [0.1, 0.15) is 0 Å². The molecule has 1 amide bonds. The van der Waals surface area contributed by atoms with Gasteiger partial charge in [-0.2, -0.15) is 0 Å². The summed E-state index contributed by atoms with van der Waals surface area (Å²) < 4.78 is 0.982. The number of hydrogen-bond acceptors (Lipinski definition) is 3. The number of aromatic nitrogens is 1. The summed E-state index contributed by atoms with van der Waals surface area (Å²) in [5.74, 6) is 0.0418. The maximum Gasteiger partial charge on any atom is 0.236 e. The Bertz CT molecular complexity index is 871. The van der Waals surface area contributed by atoms with E-state index in [0.29, 0.717) is 10.2 Å². The Morgan fingerprint density at radius 1 is 1.17 bits per heavy atom. The van der Waals surface area contributed by atoms with E-state index in [-0.39, 0.29) is 5.91 Å². The average molecular weight is 343 g/mol. The quantitative estimate of drug-likeness (QED) is 0.727. The predicted octanol–water partition coefficient (Wildman–Crippen LogP) is 5.01. The molecule has 0 atom stereocenters. The van der Waals surface area contributed by atoms with Crippen molar-refractivity contribution >= 4 is 44.2 Å². The second kappa shape index (κ2) is 5.62. The number of carbonyl (C=O) groups excluding carboxylic acids is 1. The Balaban J connectivity index is 1.63. The van der Waals surface area contributed by atoms with E-state index >= 15 is 0 Å². The smallest absolute Gasteiger partial charge is 0.236 e. The molecule has 0 radical (unpaired) electrons. The third-order valence-corrected chi connectivity index (χ3v) is 5.71. The van der Waals surface area contributed by atoms with Gasteiger partial charge in [0, 0.05) is 5.02 Å². The normalized spacial score (nSPS) is 16.0. The number of rotatable bonds is 3. The van der Waals surface area contributed by atoms with Gasteiger partial charge in [-0.25, -0.2) is 4.98 Å². The molecule has 1 N–H and O–H groups in total. The molecular weight excluding hydrogens is 328 g/mol. The van der Waals surface area contributed by atoms with E-state index in [2.05, 4.69) is 10.3 Å². The first-order chi connectivity index (χ1) is 11.2. The summed E-state index contributed by atoms with van der Waals surface area (Å²) in [4.78, 5) is 17.4. The summed E-state index contributed by atoms with van der Waals surface area (Å²) in [6.45, 7) is 0. The molecule has 1 aromatic heterocycles. The Hall–Kier alpha value is -1.91. The van der Waals surface area contributed by atoms with Crippen LogP contribution in [0.25, 0.3) is 10.2 Å². The first kappa shape index (κ1) is 14.7. The third-order valence-electron chi connectivity index (χ3n) is 4.54. The lowest BCUT2D eigenvalue weighted by molar-refractivity contribution is -0.124. The zero-order valence-electron chi connectivity index (χ0n) is 12.4. The Kier molecular flexibility index (Phi) is 3.58. The van der Waals surface area contributed by atoms with Gasteiger partial charge >= 0.3 is 0 Å². The molecule has 1 aliphatic rings. The highest BCUT2D eigenvalue weighted by Gasteiger charge is 2.45. The standard InChI is InChI=1S/C18H15ClN2OS/c19-13-7-8-14-15(11-13)23-17(20-14)21-16(22)18(9-4-10-18)12-5-2-1-3-6-12/h1-3,5-8,11H,4,9-10H2,(H,20,21,22). The Morgan fingerprint density at radius 3 is 2.65 bits per heavy atom. The van der Waals surface area contributed by atoms with Crippen LogP contribution in [0.3, 0.4) is 0 Å². The van der Waals surface area contributed by atoms with Crippen molar-refractivity contribution in [2.75, 3.05) is 5.32 Å². The van der Waals surface area contributed by atoms with Crippen molar-refractivity contribution < 1.29 is 4.79 Å². The Labute approximate surface area is 143 Å². The molecular formula is C18H15ClN2OS. The Morgan fingerprint density at radius 2 is 1.96 bits per heavy atom. The van der Waals surface area contributed by atoms with Crippen molar-refractivity contribution in [3.63, 3.8) is 0 Å². The molecule has 2 aromatic carbocycles. The van der Waals surface area contributed by atoms with Crippen LogP contribution in [0, 0.1) is 0 Å². The first-order valence-electron chi connectivity index (χ1n) is 7.60. The van der Waals surface area contributed by atoms with Gasteiger partial charge in [-0.05, 0) is 36.6 Å². The van der Waals surface area contributed by atoms with E-state index in [9.17, 15) is 4.79 Å². The molecule has 1 heterocycles. The minimum absolute atomic E-state index is 0.0418. The molecule has 3 aromatic rings. The van der Waals surface area contributed by atoms with E-state index in [0.717, 1.165) is 35.0 Å². The van der Waals surface area contributed by atoms with Crippen molar-refractivity contribution in [1.82, 2.24) is 4.98 Å². The van der Waals surface area contributed by atoms with Crippen LogP contribution in [0.2, 0.25) is 5.02 Å². The maximum atomic E-state index is 12.9. The highest BCUT2D eigenvalue weighted by atomic mass is 35.5. The summed E-state index contributed by atoms with van der Waals surface area (Å²) in [7, 11) is 0. The van der Waals surface area contributed by atoms with E-state index in [4.69, 9.17) is 11.6 Å². The average Bonchev–Trinajstić information content (AvgIpc) is 2.88. The van der Waals surface area contributed by atoms with Crippen LogP contribution in [0.1, 0.15) is 24.8 Å². The minimum Gasteiger partial charge on any atom is -0.301 e. The second-order valence-corrected chi connectivity index (χ2v) is 7.35. The summed E-state index contributed by atoms with van der Waals surface area (Å²) in [6, 6.07) is 15.6. The number of anilines is 1. The monoisotopic (exact) mass is 342 g/mol. The van der Waals surface area contributed by atoms with Gasteiger partial charge in [-0.1, -0.05) is 59.7 Å². The number of thiazole rings is 1. The SMILES string of the molecule is O=C(Nc1nc2ccc(Cl)cc2s1)C1(c2ccccc2)CCC1. The topological polar surface area (TPSA) is 42.0 Å². The van der Waals surface area contributed by atoms with Crippen LogP contribution < -0.4 is 5.32 Å². The molecule has 23 heavy (non-hydrogen) atoms. The molecule has 116 valence electrons. The van der Waals surface area contributed by atoms with Crippen LogP contribution in [0.5, 0.6) is 0 Å². The molecule has 0 bridgehead atoms. The van der Waals surface area contributed by atoms with Crippen LogP contribution in [0.4, 0.5) is 5.13 Å². The fourth-order valence-corrected chi connectivity index (χ4v) is 4.24. The number of fused-ring (bicyclic) bond motifs is 1. The van der Waals surface area contributed by atoms with Gasteiger partial charge in [0.05, 0.1) is 15.6 Å². The van der Waals surface area contributed by atoms with Gasteiger partial charge < -0.3 is 5.32 Å². The summed E-state index contributed by atoms with van der Waals surface area (Å²) in [5, 5.41) is 4.33. The lowest BCUT2D eigenvalue weighted by Crippen LogP contribution is -2.45. The van der Waals surface area contributed by atoms with Crippen molar-refractivity contribution in [3.8, 4) is 0 Å². The molecule has 3 nitrogen and oxygen atoms in total. The number of hydrogen-bond donors (Lipinski definition) is 1. The summed E-state index contributed by atoms with van der Waals surface area (Å²) in [6.07, 6.45) is 2.86. The number of carbonyl (C=O) groups is 1. The van der Waals surface area contributed by atoms with Gasteiger partial charge in [0.2, 0.25) is 5.91 Å². The zero-order chi connectivity index (χ0) is 15.9. The second-order valence-electron chi connectivity index (χ2n) is 5.89. The molecule has 0 aliphatic heterocycles. The van der Waals surface area contributed by atoms with E-state index in [1.807, 2.05) is 48.5 Å². The van der Waals surface area contributed by atoms with Gasteiger partial charge in [0.15, 0.2) is 5.13 Å². The molecule has 0 unspecified atom stereocenters. The van der Waals surface area contributed by atoms with Crippen molar-refractivity contribution in [1.29, 1.82) is 0 Å². The van der Waals surface area contributed by atoms with Gasteiger partial charge in [0.25, 0.3) is 0 Å². The molecule has 1 fully saturated rings. The molecule has 5 heteroatoms. The fraction of sp³-hybridized carbons (Fsp3) is 0.222. The number of halogens is 1. The van der Waals surface area contributed by atoms with E-state index in [1.165, 1.54) is 11.3 Å². The lowest BCUT2D eigenvalue weighted by Gasteiger charge is -2.40. The van der Waals surface area contributed by atoms with E-state index in [1.54, 1.807) is 0 Å². The van der Waals surface area contributed by atoms with Gasteiger partial charge in [-0.15, -0.1) is 0 Å². The molecule has 0 saturated heterocycles. The first-order valence-corrected chi connectivity index (χ1v) is 8.80. The molecule has 4 rings (SSSR count). The fourth-order valence-electron chi connectivity index (χ4n) is 3.10. The van der Waals surface area contributed by atoms with Gasteiger partial charge in [-0.3, -0.25) is 4.79 Å². The highest BCUT2D eigenvalue weighted by Crippen LogP contribution is 2.44. The van der Waals surface area contributed by atoms with Crippen molar-refractivity contribution in [2.45, 2.75) is 24.7 Å². The van der Waals surface area contributed by atoms with Crippen LogP contribution in [0.15, 0.2) is 48.5 Å². The van der Waals surface area contributed by atoms with Crippen LogP contribution >= 0.6 is 22.9 Å². The maximum absolute atomic E-state index is 12.9. The summed E-state index contributed by atoms with van der Waals surface area (Å²) >= 11 is 7.47. The lowest BCUT2D eigenvalue weighted by atomic mass is 9.64. The third kappa shape index (κ3) is 2.52. The number of benzene rings is 2. The van der Waals surface area contributed by atoms with Crippen LogP contribution in [-0.4, -0.2) is 10.9 Å². The largest absolute Gasteiger partial charge is 0.301 e. The summed E-state index contributed by atoms with van der Waals surface area (Å²) in [5.41, 5.74) is 1.54. The number of nitrogens with zero attached hydrogens (tertiary/aromatic N) is 1. The number of amides is 1. The molecule has 1 saturated carbocycles.